The Morgan fingerprint density at radius 1 is 1.62 bits per heavy atom. The Morgan fingerprint density at radius 2 is 2.15 bits per heavy atom. The summed E-state index contributed by atoms with van der Waals surface area (Å²) in [5.41, 5.74) is 0.673. The minimum atomic E-state index is -1.03. The molecule has 0 bridgehead atoms. The lowest BCUT2D eigenvalue weighted by molar-refractivity contribution is -0.127. The predicted octanol–water partition coefficient (Wildman–Crippen LogP) is 1.27. The second-order valence-electron chi connectivity index (χ2n) is 2.50. The summed E-state index contributed by atoms with van der Waals surface area (Å²) in [5.74, 6) is -0.353. The maximum absolute atomic E-state index is 11.1. The molecule has 4 nitrogen and oxygen atoms in total. The third kappa shape index (κ3) is 4.95. The zero-order valence-corrected chi connectivity index (χ0v) is 9.26. The van der Waals surface area contributed by atoms with E-state index in [-0.39, 0.29) is 5.91 Å². The molecule has 0 rings (SSSR count). The van der Waals surface area contributed by atoms with E-state index in [1.165, 1.54) is 12.0 Å². The van der Waals surface area contributed by atoms with Gasteiger partial charge in [-0.15, -0.1) is 0 Å². The van der Waals surface area contributed by atoms with Gasteiger partial charge < -0.3 is 9.74 Å². The van der Waals surface area contributed by atoms with Crippen LogP contribution in [-0.4, -0.2) is 42.1 Å². The lowest BCUT2D eigenvalue weighted by Gasteiger charge is -2.16. The molecule has 0 heterocycles. The Bertz CT molecular complexity index is 207. The number of oxime groups is 1. The lowest BCUT2D eigenvalue weighted by atomic mass is 10.4. The fourth-order valence-electron chi connectivity index (χ4n) is 0.772. The highest BCUT2D eigenvalue weighted by Gasteiger charge is 2.16. The topological polar surface area (TPSA) is 41.9 Å². The van der Waals surface area contributed by atoms with Crippen molar-refractivity contribution in [3.63, 3.8) is 0 Å². The van der Waals surface area contributed by atoms with Crippen molar-refractivity contribution in [1.82, 2.24) is 4.90 Å². The van der Waals surface area contributed by atoms with Gasteiger partial charge in [0, 0.05) is 7.05 Å². The maximum atomic E-state index is 11.1. The molecule has 0 radical (unpaired) electrons. The van der Waals surface area contributed by atoms with Crippen LogP contribution in [0.15, 0.2) is 5.16 Å². The van der Waals surface area contributed by atoms with Gasteiger partial charge in [-0.2, -0.15) is 0 Å². The molecular weight excluding hydrogens is 215 g/mol. The average Bonchev–Trinajstić information content (AvgIpc) is 2.03. The second kappa shape index (κ2) is 6.05. The van der Waals surface area contributed by atoms with Gasteiger partial charge in [-0.1, -0.05) is 28.4 Å². The molecule has 13 heavy (non-hydrogen) atoms. The number of nitrogens with zero attached hydrogens (tertiary/aromatic N) is 2. The van der Waals surface area contributed by atoms with Gasteiger partial charge in [-0.05, 0) is 6.92 Å². The van der Waals surface area contributed by atoms with Crippen LogP contribution in [0, 0.1) is 0 Å². The summed E-state index contributed by atoms with van der Waals surface area (Å²) in [6, 6.07) is 0. The van der Waals surface area contributed by atoms with Crippen LogP contribution in [0.2, 0.25) is 0 Å². The molecule has 0 aromatic heterocycles. The van der Waals surface area contributed by atoms with E-state index in [1.807, 2.05) is 0 Å². The van der Waals surface area contributed by atoms with Crippen LogP contribution in [0.1, 0.15) is 6.92 Å². The Morgan fingerprint density at radius 3 is 2.54 bits per heavy atom. The predicted molar refractivity (Wildman–Crippen MR) is 53.2 cm³/mol. The van der Waals surface area contributed by atoms with Crippen LogP contribution in [0.25, 0.3) is 0 Å². The number of alkyl halides is 2. The zero-order valence-electron chi connectivity index (χ0n) is 7.75. The van der Waals surface area contributed by atoms with Gasteiger partial charge in [-0.25, -0.2) is 0 Å². The lowest BCUT2D eigenvalue weighted by Crippen LogP contribution is -2.34. The fourth-order valence-corrected chi connectivity index (χ4v) is 1.11. The monoisotopic (exact) mass is 226 g/mol. The van der Waals surface area contributed by atoms with Crippen molar-refractivity contribution >= 4 is 34.8 Å². The number of hydrogen-bond donors (Lipinski definition) is 0. The molecule has 0 N–H and O–H groups in total. The Kier molecular flexibility index (Phi) is 5.82. The molecule has 0 aliphatic carbocycles. The molecule has 0 aliphatic heterocycles. The average molecular weight is 227 g/mol. The number of carbonyl (C=O) groups is 1. The molecule has 0 aromatic carbocycles. The van der Waals surface area contributed by atoms with Crippen molar-refractivity contribution in [2.24, 2.45) is 5.16 Å². The number of hydrogen-bond acceptors (Lipinski definition) is 3. The van der Waals surface area contributed by atoms with Crippen LogP contribution in [0.3, 0.4) is 0 Å². The van der Waals surface area contributed by atoms with Crippen molar-refractivity contribution in [2.75, 3.05) is 20.7 Å². The van der Waals surface area contributed by atoms with Gasteiger partial charge in [0.25, 0.3) is 5.91 Å². The van der Waals surface area contributed by atoms with E-state index < -0.39 is 4.84 Å². The Hall–Kier alpha value is -0.480. The van der Waals surface area contributed by atoms with Crippen molar-refractivity contribution in [3.05, 3.63) is 0 Å². The summed E-state index contributed by atoms with van der Waals surface area (Å²) in [4.78, 5) is 16.0. The van der Waals surface area contributed by atoms with Crippen LogP contribution in [0.5, 0.6) is 0 Å². The third-order valence-corrected chi connectivity index (χ3v) is 1.65. The standard InChI is InChI=1S/C7H12Cl2N2O2/c1-5(10-13-3)4-11(2)7(12)6(8)9/h6H,4H2,1-3H3. The maximum Gasteiger partial charge on any atom is 0.255 e. The molecule has 0 saturated carbocycles. The SMILES string of the molecule is CON=C(C)CN(C)C(=O)C(Cl)Cl. The summed E-state index contributed by atoms with van der Waals surface area (Å²) in [6.07, 6.45) is 0. The first kappa shape index (κ1) is 12.5. The van der Waals surface area contributed by atoms with Crippen molar-refractivity contribution < 1.29 is 9.63 Å². The molecule has 0 fully saturated rings. The molecule has 0 spiro atoms. The summed E-state index contributed by atoms with van der Waals surface area (Å²) in [5, 5.41) is 3.64. The van der Waals surface area contributed by atoms with E-state index in [0.29, 0.717) is 12.3 Å². The van der Waals surface area contributed by atoms with Crippen molar-refractivity contribution in [1.29, 1.82) is 0 Å². The summed E-state index contributed by atoms with van der Waals surface area (Å²) in [7, 11) is 3.03. The molecule has 0 aromatic rings. The number of rotatable bonds is 4. The summed E-state index contributed by atoms with van der Waals surface area (Å²) >= 11 is 10.8. The molecular formula is C7H12Cl2N2O2. The van der Waals surface area contributed by atoms with Gasteiger partial charge in [-0.3, -0.25) is 4.79 Å². The van der Waals surface area contributed by atoms with Gasteiger partial charge in [0.05, 0.1) is 12.3 Å². The highest BCUT2D eigenvalue weighted by molar-refractivity contribution is 6.53. The minimum absolute atomic E-state index is 0.350. The molecule has 6 heteroatoms. The van der Waals surface area contributed by atoms with E-state index in [2.05, 4.69) is 9.99 Å². The van der Waals surface area contributed by atoms with Crippen molar-refractivity contribution in [3.8, 4) is 0 Å². The zero-order chi connectivity index (χ0) is 10.4. The first-order valence-corrected chi connectivity index (χ1v) is 4.46. The number of halogens is 2. The third-order valence-electron chi connectivity index (χ3n) is 1.28. The molecule has 0 aliphatic rings. The molecule has 76 valence electrons. The molecule has 0 saturated heterocycles. The number of carbonyl (C=O) groups excluding carboxylic acids is 1. The van der Waals surface area contributed by atoms with Gasteiger partial charge >= 0.3 is 0 Å². The molecule has 0 atom stereocenters. The van der Waals surface area contributed by atoms with E-state index in [1.54, 1.807) is 14.0 Å². The minimum Gasteiger partial charge on any atom is -0.399 e. The van der Waals surface area contributed by atoms with E-state index in [0.717, 1.165) is 0 Å². The highest BCUT2D eigenvalue weighted by Crippen LogP contribution is 2.05. The molecule has 0 unspecified atom stereocenters. The first-order valence-electron chi connectivity index (χ1n) is 3.58. The van der Waals surface area contributed by atoms with Gasteiger partial charge in [0.15, 0.2) is 4.84 Å². The fraction of sp³-hybridized carbons (Fsp3) is 0.714. The van der Waals surface area contributed by atoms with Crippen LogP contribution >= 0.6 is 23.2 Å². The summed E-state index contributed by atoms with van der Waals surface area (Å²) in [6.45, 7) is 2.09. The second-order valence-corrected chi connectivity index (χ2v) is 3.60. The highest BCUT2D eigenvalue weighted by atomic mass is 35.5. The smallest absolute Gasteiger partial charge is 0.255 e. The van der Waals surface area contributed by atoms with Gasteiger partial charge in [0.2, 0.25) is 0 Å². The number of amides is 1. The Labute approximate surface area is 87.4 Å². The normalized spacial score (nSPS) is 11.7. The largest absolute Gasteiger partial charge is 0.399 e. The van der Waals surface area contributed by atoms with Gasteiger partial charge in [0.1, 0.15) is 7.11 Å². The first-order chi connectivity index (χ1) is 5.99. The van der Waals surface area contributed by atoms with E-state index in [9.17, 15) is 4.79 Å². The van der Waals surface area contributed by atoms with Crippen LogP contribution in [0.4, 0.5) is 0 Å². The summed E-state index contributed by atoms with van der Waals surface area (Å²) < 4.78 is 0. The van der Waals surface area contributed by atoms with Crippen LogP contribution < -0.4 is 0 Å². The van der Waals surface area contributed by atoms with E-state index in [4.69, 9.17) is 23.2 Å². The Balaban J connectivity index is 4.07. The van der Waals surface area contributed by atoms with Crippen molar-refractivity contribution in [2.45, 2.75) is 11.8 Å². The quantitative estimate of drug-likeness (QED) is 0.412. The van der Waals surface area contributed by atoms with Crippen LogP contribution in [-0.2, 0) is 9.63 Å². The van der Waals surface area contributed by atoms with E-state index >= 15 is 0 Å². The molecule has 1 amide bonds.